The summed E-state index contributed by atoms with van der Waals surface area (Å²) < 4.78 is 1.73. The maximum absolute atomic E-state index is 5.44. The predicted octanol–water partition coefficient (Wildman–Crippen LogP) is 0.297. The van der Waals surface area contributed by atoms with Gasteiger partial charge < -0.3 is 5.73 Å². The predicted molar refractivity (Wildman–Crippen MR) is 55.0 cm³/mol. The van der Waals surface area contributed by atoms with Crippen LogP contribution in [0.2, 0.25) is 0 Å². The monoisotopic (exact) mass is 205 g/mol. The van der Waals surface area contributed by atoms with Gasteiger partial charge in [-0.1, -0.05) is 12.2 Å². The molecule has 2 N–H and O–H groups in total. The number of hydrogen-bond acceptors (Lipinski definition) is 4. The van der Waals surface area contributed by atoms with Crippen LogP contribution in [0.25, 0.3) is 5.82 Å². The summed E-state index contributed by atoms with van der Waals surface area (Å²) >= 11 is 4.80. The number of nitrogens with zero attached hydrogens (tertiary/aromatic N) is 4. The number of nitrogens with two attached hydrogens (primary N) is 1. The van der Waals surface area contributed by atoms with E-state index in [2.05, 4.69) is 15.0 Å². The first-order valence-electron chi connectivity index (χ1n) is 3.87. The van der Waals surface area contributed by atoms with E-state index in [1.807, 2.05) is 0 Å². The first-order valence-corrected chi connectivity index (χ1v) is 4.28. The number of thiocarbonyl (C=S) groups is 1. The van der Waals surface area contributed by atoms with Gasteiger partial charge in [0, 0.05) is 12.4 Å². The van der Waals surface area contributed by atoms with Crippen LogP contribution in [0.15, 0.2) is 31.1 Å². The van der Waals surface area contributed by atoms with Crippen molar-refractivity contribution >= 4 is 17.2 Å². The van der Waals surface area contributed by atoms with Crippen molar-refractivity contribution in [3.8, 4) is 5.82 Å². The zero-order valence-electron chi connectivity index (χ0n) is 7.16. The molecule has 0 bridgehead atoms. The van der Waals surface area contributed by atoms with Gasteiger partial charge in [0.2, 0.25) is 0 Å². The Kier molecular flexibility index (Phi) is 2.19. The third-order valence-electron chi connectivity index (χ3n) is 1.64. The number of hydrogen-bond donors (Lipinski definition) is 1. The Morgan fingerprint density at radius 3 is 2.86 bits per heavy atom. The van der Waals surface area contributed by atoms with Crippen molar-refractivity contribution in [2.75, 3.05) is 0 Å². The highest BCUT2D eigenvalue weighted by molar-refractivity contribution is 7.80. The van der Waals surface area contributed by atoms with Gasteiger partial charge in [-0.3, -0.25) is 9.55 Å². The lowest BCUT2D eigenvalue weighted by Gasteiger charge is -2.01. The van der Waals surface area contributed by atoms with Crippen molar-refractivity contribution in [1.82, 2.24) is 19.5 Å². The van der Waals surface area contributed by atoms with E-state index in [4.69, 9.17) is 18.0 Å². The Morgan fingerprint density at radius 2 is 2.21 bits per heavy atom. The molecule has 2 rings (SSSR count). The summed E-state index contributed by atoms with van der Waals surface area (Å²) in [5, 5.41) is 0. The van der Waals surface area contributed by atoms with E-state index >= 15 is 0 Å². The summed E-state index contributed by atoms with van der Waals surface area (Å²) in [5.41, 5.74) is 5.95. The quantitative estimate of drug-likeness (QED) is 0.714. The molecule has 0 aliphatic heterocycles. The molecule has 0 radical (unpaired) electrons. The van der Waals surface area contributed by atoms with Crippen LogP contribution in [0.1, 0.15) is 5.69 Å². The van der Waals surface area contributed by atoms with E-state index in [1.165, 1.54) is 6.20 Å². The third-order valence-corrected chi connectivity index (χ3v) is 1.85. The average Bonchev–Trinajstić information content (AvgIpc) is 2.71. The highest BCUT2D eigenvalue weighted by Crippen LogP contribution is 2.02. The van der Waals surface area contributed by atoms with Gasteiger partial charge in [0.05, 0.1) is 12.4 Å². The maximum atomic E-state index is 5.44. The Bertz CT molecular complexity index is 451. The smallest absolute Gasteiger partial charge is 0.157 e. The fourth-order valence-electron chi connectivity index (χ4n) is 0.993. The molecule has 0 saturated carbocycles. The van der Waals surface area contributed by atoms with Crippen molar-refractivity contribution in [3.05, 3.63) is 36.8 Å². The normalized spacial score (nSPS) is 10.0. The van der Waals surface area contributed by atoms with Crippen LogP contribution in [0.3, 0.4) is 0 Å². The van der Waals surface area contributed by atoms with Crippen LogP contribution < -0.4 is 5.73 Å². The highest BCUT2D eigenvalue weighted by atomic mass is 32.1. The van der Waals surface area contributed by atoms with Crippen LogP contribution >= 0.6 is 12.2 Å². The van der Waals surface area contributed by atoms with E-state index in [-0.39, 0.29) is 4.99 Å². The van der Waals surface area contributed by atoms with E-state index < -0.39 is 0 Å². The lowest BCUT2D eigenvalue weighted by atomic mass is 10.4. The van der Waals surface area contributed by atoms with Gasteiger partial charge in [0.1, 0.15) is 17.0 Å². The van der Waals surface area contributed by atoms with Crippen molar-refractivity contribution in [3.63, 3.8) is 0 Å². The lowest BCUT2D eigenvalue weighted by molar-refractivity contribution is 0.965. The fourth-order valence-corrected chi connectivity index (χ4v) is 1.09. The molecule has 0 amide bonds. The molecule has 0 saturated heterocycles. The molecule has 2 aromatic heterocycles. The van der Waals surface area contributed by atoms with Crippen molar-refractivity contribution in [2.45, 2.75) is 0 Å². The molecule has 0 aliphatic carbocycles. The molecule has 14 heavy (non-hydrogen) atoms. The van der Waals surface area contributed by atoms with Crippen LogP contribution in [-0.4, -0.2) is 24.5 Å². The number of aromatic nitrogens is 4. The highest BCUT2D eigenvalue weighted by Gasteiger charge is 2.01. The molecular formula is C8H7N5S. The van der Waals surface area contributed by atoms with E-state index in [1.54, 1.807) is 29.5 Å². The molecule has 2 heterocycles. The minimum atomic E-state index is 0.236. The summed E-state index contributed by atoms with van der Waals surface area (Å²) in [6, 6.07) is 0. The number of imidazole rings is 1. The topological polar surface area (TPSA) is 69.6 Å². The molecule has 0 atom stereocenters. The fraction of sp³-hybridized carbons (Fsp3) is 0. The minimum absolute atomic E-state index is 0.236. The summed E-state index contributed by atoms with van der Waals surface area (Å²) in [7, 11) is 0. The first kappa shape index (κ1) is 8.76. The third kappa shape index (κ3) is 1.60. The SMILES string of the molecule is NC(=S)c1cncc(-n2ccnc2)n1. The van der Waals surface area contributed by atoms with E-state index in [0.29, 0.717) is 11.5 Å². The lowest BCUT2D eigenvalue weighted by Crippen LogP contribution is -2.13. The molecule has 0 aromatic carbocycles. The molecule has 0 aliphatic rings. The number of rotatable bonds is 2. The molecule has 0 spiro atoms. The second-order valence-corrected chi connectivity index (χ2v) is 3.04. The van der Waals surface area contributed by atoms with Crippen molar-refractivity contribution < 1.29 is 0 Å². The molecular weight excluding hydrogens is 198 g/mol. The van der Waals surface area contributed by atoms with Crippen LogP contribution in [0.4, 0.5) is 0 Å². The maximum Gasteiger partial charge on any atom is 0.157 e. The van der Waals surface area contributed by atoms with Gasteiger partial charge in [0.15, 0.2) is 5.82 Å². The van der Waals surface area contributed by atoms with E-state index in [9.17, 15) is 0 Å². The summed E-state index contributed by atoms with van der Waals surface area (Å²) in [6.45, 7) is 0. The summed E-state index contributed by atoms with van der Waals surface area (Å²) in [6.07, 6.45) is 8.21. The van der Waals surface area contributed by atoms with Crippen LogP contribution in [-0.2, 0) is 0 Å². The summed E-state index contributed by atoms with van der Waals surface area (Å²) in [5.74, 6) is 0.646. The van der Waals surface area contributed by atoms with E-state index in [0.717, 1.165) is 0 Å². The van der Waals surface area contributed by atoms with Gasteiger partial charge in [-0.05, 0) is 0 Å². The van der Waals surface area contributed by atoms with Crippen molar-refractivity contribution in [1.29, 1.82) is 0 Å². The largest absolute Gasteiger partial charge is 0.388 e. The molecule has 0 fully saturated rings. The second-order valence-electron chi connectivity index (χ2n) is 2.60. The van der Waals surface area contributed by atoms with Gasteiger partial charge >= 0.3 is 0 Å². The van der Waals surface area contributed by atoms with Crippen LogP contribution in [0.5, 0.6) is 0 Å². The molecule has 5 nitrogen and oxygen atoms in total. The first-order chi connectivity index (χ1) is 6.77. The zero-order chi connectivity index (χ0) is 9.97. The summed E-state index contributed by atoms with van der Waals surface area (Å²) in [4.78, 5) is 12.3. The standard InChI is InChI=1S/C8H7N5S/c9-8(14)6-3-11-4-7(12-6)13-2-1-10-5-13/h1-5H,(H2,9,14). The molecule has 0 unspecified atom stereocenters. The zero-order valence-corrected chi connectivity index (χ0v) is 7.98. The van der Waals surface area contributed by atoms with Gasteiger partial charge in [-0.2, -0.15) is 0 Å². The Labute approximate surface area is 85.6 Å². The Morgan fingerprint density at radius 1 is 1.36 bits per heavy atom. The van der Waals surface area contributed by atoms with Crippen LogP contribution in [0, 0.1) is 0 Å². The van der Waals surface area contributed by atoms with Gasteiger partial charge in [-0.25, -0.2) is 9.97 Å². The average molecular weight is 205 g/mol. The molecule has 70 valence electrons. The molecule has 2 aromatic rings. The molecule has 6 heteroatoms. The van der Waals surface area contributed by atoms with Crippen molar-refractivity contribution in [2.24, 2.45) is 5.73 Å². The van der Waals surface area contributed by atoms with Gasteiger partial charge in [-0.15, -0.1) is 0 Å². The Balaban J connectivity index is 2.46. The second kappa shape index (κ2) is 3.51. The Hall–Kier alpha value is -1.82. The van der Waals surface area contributed by atoms with Gasteiger partial charge in [0.25, 0.3) is 0 Å². The minimum Gasteiger partial charge on any atom is -0.388 e.